The molecule has 0 amide bonds. The lowest BCUT2D eigenvalue weighted by molar-refractivity contribution is -0.385. The van der Waals surface area contributed by atoms with Crippen molar-refractivity contribution in [1.82, 2.24) is 4.90 Å². The third kappa shape index (κ3) is 2.93. The topological polar surface area (TPSA) is 83.7 Å². The lowest BCUT2D eigenvalue weighted by Gasteiger charge is -2.20. The molecule has 0 spiro atoms. The summed E-state index contributed by atoms with van der Waals surface area (Å²) in [5.74, 6) is -1.51. The van der Waals surface area contributed by atoms with Gasteiger partial charge >= 0.3 is 5.97 Å². The summed E-state index contributed by atoms with van der Waals surface area (Å²) in [6.07, 6.45) is 0.514. The van der Waals surface area contributed by atoms with Crippen molar-refractivity contribution in [1.29, 1.82) is 0 Å². The number of non-ortho nitro benzene ring substituents is 1. The number of carbonyl (C=O) groups is 1. The Morgan fingerprint density at radius 3 is 2.80 bits per heavy atom. The van der Waals surface area contributed by atoms with E-state index < -0.39 is 22.1 Å². The SMILES string of the molecule is CC1(C(=O)O)CCN(Cc2cc(F)cc([N+](=O)[O-])c2)C1. The quantitative estimate of drug-likeness (QED) is 0.674. The van der Waals surface area contributed by atoms with Crippen LogP contribution in [0.15, 0.2) is 18.2 Å². The monoisotopic (exact) mass is 282 g/mol. The molecular weight excluding hydrogens is 267 g/mol. The highest BCUT2D eigenvalue weighted by Gasteiger charge is 2.40. The summed E-state index contributed by atoms with van der Waals surface area (Å²) in [5, 5.41) is 19.8. The summed E-state index contributed by atoms with van der Waals surface area (Å²) in [6.45, 7) is 2.91. The first-order valence-corrected chi connectivity index (χ1v) is 6.20. The number of nitrogens with zero attached hydrogens (tertiary/aromatic N) is 2. The Balaban J connectivity index is 2.12. The highest BCUT2D eigenvalue weighted by molar-refractivity contribution is 5.74. The van der Waals surface area contributed by atoms with Crippen LogP contribution in [0, 0.1) is 21.3 Å². The van der Waals surface area contributed by atoms with Crippen LogP contribution in [0.3, 0.4) is 0 Å². The minimum Gasteiger partial charge on any atom is -0.481 e. The van der Waals surface area contributed by atoms with E-state index >= 15 is 0 Å². The predicted molar refractivity (Wildman–Crippen MR) is 68.7 cm³/mol. The smallest absolute Gasteiger partial charge is 0.310 e. The average Bonchev–Trinajstić information content (AvgIpc) is 2.71. The van der Waals surface area contributed by atoms with Gasteiger partial charge in [-0.05, 0) is 31.5 Å². The van der Waals surface area contributed by atoms with Crippen LogP contribution in [0.1, 0.15) is 18.9 Å². The standard InChI is InChI=1S/C13H15FN2O4/c1-13(12(17)18)2-3-15(8-13)7-9-4-10(14)6-11(5-9)16(19)20/h4-6H,2-3,7-8H2,1H3,(H,17,18). The summed E-state index contributed by atoms with van der Waals surface area (Å²) in [5.41, 5.74) is -0.620. The number of hydrogen-bond donors (Lipinski definition) is 1. The van der Waals surface area contributed by atoms with Crippen LogP contribution in [0.25, 0.3) is 0 Å². The van der Waals surface area contributed by atoms with Gasteiger partial charge in [-0.3, -0.25) is 19.8 Å². The Bertz CT molecular complexity index is 563. The molecule has 1 aromatic carbocycles. The number of aliphatic carboxylic acids is 1. The van der Waals surface area contributed by atoms with Crippen LogP contribution in [0.5, 0.6) is 0 Å². The van der Waals surface area contributed by atoms with Crippen LogP contribution >= 0.6 is 0 Å². The average molecular weight is 282 g/mol. The maximum Gasteiger partial charge on any atom is 0.310 e. The first kappa shape index (κ1) is 14.4. The molecule has 0 aromatic heterocycles. The zero-order valence-corrected chi connectivity index (χ0v) is 11.0. The number of halogens is 1. The van der Waals surface area contributed by atoms with Gasteiger partial charge < -0.3 is 5.11 Å². The highest BCUT2D eigenvalue weighted by atomic mass is 19.1. The van der Waals surface area contributed by atoms with Gasteiger partial charge in [-0.25, -0.2) is 4.39 Å². The van der Waals surface area contributed by atoms with Gasteiger partial charge in [0.25, 0.3) is 5.69 Å². The number of nitro groups is 1. The van der Waals surface area contributed by atoms with Crippen molar-refractivity contribution < 1.29 is 19.2 Å². The van der Waals surface area contributed by atoms with Gasteiger partial charge in [0.15, 0.2) is 0 Å². The third-order valence-electron chi connectivity index (χ3n) is 3.63. The van der Waals surface area contributed by atoms with E-state index in [1.165, 1.54) is 12.1 Å². The van der Waals surface area contributed by atoms with E-state index in [1.54, 1.807) is 6.92 Å². The van der Waals surface area contributed by atoms with Crippen LogP contribution in [-0.4, -0.2) is 34.0 Å². The first-order valence-electron chi connectivity index (χ1n) is 6.20. The van der Waals surface area contributed by atoms with E-state index in [2.05, 4.69) is 0 Å². The Morgan fingerprint density at radius 2 is 2.25 bits per heavy atom. The van der Waals surface area contributed by atoms with E-state index in [0.717, 1.165) is 6.07 Å². The molecule has 1 aliphatic heterocycles. The fraction of sp³-hybridized carbons (Fsp3) is 0.462. The van der Waals surface area contributed by atoms with Gasteiger partial charge in [0, 0.05) is 19.2 Å². The minimum absolute atomic E-state index is 0.291. The maximum absolute atomic E-state index is 13.3. The molecule has 0 radical (unpaired) electrons. The number of hydrogen-bond acceptors (Lipinski definition) is 4. The lowest BCUT2D eigenvalue weighted by atomic mass is 9.90. The molecule has 108 valence electrons. The van der Waals surface area contributed by atoms with E-state index in [-0.39, 0.29) is 5.69 Å². The minimum atomic E-state index is -0.856. The molecule has 2 rings (SSSR count). The van der Waals surface area contributed by atoms with Gasteiger partial charge in [0.05, 0.1) is 16.4 Å². The molecule has 1 atom stereocenters. The number of rotatable bonds is 4. The molecule has 20 heavy (non-hydrogen) atoms. The fourth-order valence-corrected chi connectivity index (χ4v) is 2.45. The molecule has 1 aromatic rings. The molecule has 1 N–H and O–H groups in total. The summed E-state index contributed by atoms with van der Waals surface area (Å²) in [6, 6.07) is 3.43. The zero-order chi connectivity index (χ0) is 14.9. The molecule has 0 saturated carbocycles. The molecule has 1 heterocycles. The fourth-order valence-electron chi connectivity index (χ4n) is 2.45. The van der Waals surface area contributed by atoms with Crippen molar-refractivity contribution in [2.24, 2.45) is 5.41 Å². The first-order chi connectivity index (χ1) is 9.30. The maximum atomic E-state index is 13.3. The Morgan fingerprint density at radius 1 is 1.55 bits per heavy atom. The van der Waals surface area contributed by atoms with Crippen molar-refractivity contribution in [3.8, 4) is 0 Å². The lowest BCUT2D eigenvalue weighted by Crippen LogP contribution is -2.31. The van der Waals surface area contributed by atoms with Gasteiger partial charge in [-0.1, -0.05) is 0 Å². The Hall–Kier alpha value is -2.02. The number of carboxylic acids is 1. The van der Waals surface area contributed by atoms with Gasteiger partial charge in [-0.2, -0.15) is 0 Å². The van der Waals surface area contributed by atoms with Crippen LogP contribution in [0.4, 0.5) is 10.1 Å². The summed E-state index contributed by atoms with van der Waals surface area (Å²) < 4.78 is 13.3. The predicted octanol–water partition coefficient (Wildman–Crippen LogP) is 2.03. The van der Waals surface area contributed by atoms with Crippen molar-refractivity contribution in [3.05, 3.63) is 39.7 Å². The van der Waals surface area contributed by atoms with Crippen molar-refractivity contribution >= 4 is 11.7 Å². The molecule has 1 saturated heterocycles. The number of benzene rings is 1. The van der Waals surface area contributed by atoms with Crippen LogP contribution < -0.4 is 0 Å². The molecule has 0 aliphatic carbocycles. The molecule has 1 aliphatic rings. The van der Waals surface area contributed by atoms with E-state index in [1.807, 2.05) is 4.90 Å². The van der Waals surface area contributed by atoms with Crippen LogP contribution in [-0.2, 0) is 11.3 Å². The Kier molecular flexibility index (Phi) is 3.71. The number of likely N-dealkylation sites (tertiary alicyclic amines) is 1. The van der Waals surface area contributed by atoms with Gasteiger partial charge in [0.2, 0.25) is 0 Å². The second-order valence-electron chi connectivity index (χ2n) is 5.40. The zero-order valence-electron chi connectivity index (χ0n) is 11.0. The van der Waals surface area contributed by atoms with E-state index in [9.17, 15) is 19.3 Å². The van der Waals surface area contributed by atoms with Crippen molar-refractivity contribution in [2.75, 3.05) is 13.1 Å². The van der Waals surface area contributed by atoms with Crippen molar-refractivity contribution in [3.63, 3.8) is 0 Å². The molecule has 1 unspecified atom stereocenters. The molecule has 0 bridgehead atoms. The second kappa shape index (κ2) is 5.16. The van der Waals surface area contributed by atoms with E-state index in [0.29, 0.717) is 31.6 Å². The summed E-state index contributed by atoms with van der Waals surface area (Å²) >= 11 is 0. The summed E-state index contributed by atoms with van der Waals surface area (Å²) in [7, 11) is 0. The largest absolute Gasteiger partial charge is 0.481 e. The Labute approximate surface area is 115 Å². The number of nitro benzene ring substituents is 1. The normalized spacial score (nSPS) is 22.9. The van der Waals surface area contributed by atoms with Crippen LogP contribution in [0.2, 0.25) is 0 Å². The van der Waals surface area contributed by atoms with Crippen molar-refractivity contribution in [2.45, 2.75) is 19.9 Å². The van der Waals surface area contributed by atoms with E-state index in [4.69, 9.17) is 5.11 Å². The second-order valence-corrected chi connectivity index (χ2v) is 5.40. The molecule has 7 heteroatoms. The van der Waals surface area contributed by atoms with Gasteiger partial charge in [0.1, 0.15) is 5.82 Å². The number of carboxylic acid groups (broad SMARTS) is 1. The van der Waals surface area contributed by atoms with Gasteiger partial charge in [-0.15, -0.1) is 0 Å². The summed E-state index contributed by atoms with van der Waals surface area (Å²) in [4.78, 5) is 23.1. The molecule has 6 nitrogen and oxygen atoms in total. The highest BCUT2D eigenvalue weighted by Crippen LogP contribution is 2.31. The third-order valence-corrected chi connectivity index (χ3v) is 3.63. The molecule has 1 fully saturated rings. The molecular formula is C13H15FN2O4.